The van der Waals surface area contributed by atoms with Gasteiger partial charge in [0, 0.05) is 13.1 Å². The highest BCUT2D eigenvalue weighted by atomic mass is 32.2. The van der Waals surface area contributed by atoms with Crippen LogP contribution in [-0.2, 0) is 32.3 Å². The Morgan fingerprint density at radius 2 is 1.54 bits per heavy atom. The maximum Gasteiger partial charge on any atom is 0.416 e. The first-order valence-electron chi connectivity index (χ1n) is 13.1. The summed E-state index contributed by atoms with van der Waals surface area (Å²) in [6.07, 6.45) is -4.73. The van der Waals surface area contributed by atoms with Gasteiger partial charge in [-0.15, -0.1) is 0 Å². The van der Waals surface area contributed by atoms with Gasteiger partial charge in [-0.25, -0.2) is 8.42 Å². The molecule has 3 aromatic rings. The second-order valence-corrected chi connectivity index (χ2v) is 12.1. The van der Waals surface area contributed by atoms with Crippen LogP contribution in [0.3, 0.4) is 0 Å². The molecule has 0 bridgehead atoms. The highest BCUT2D eigenvalue weighted by molar-refractivity contribution is 7.92. The highest BCUT2D eigenvalue weighted by Gasteiger charge is 2.35. The molecule has 3 aromatic carbocycles. The van der Waals surface area contributed by atoms with Crippen molar-refractivity contribution in [3.63, 3.8) is 0 Å². The molecule has 7 nitrogen and oxygen atoms in total. The zero-order valence-corrected chi connectivity index (χ0v) is 24.2. The number of hydrogen-bond acceptors (Lipinski definition) is 4. The Balaban J connectivity index is 2.06. The van der Waals surface area contributed by atoms with Gasteiger partial charge in [-0.2, -0.15) is 13.2 Å². The van der Waals surface area contributed by atoms with E-state index >= 15 is 0 Å². The molecule has 41 heavy (non-hydrogen) atoms. The molecule has 2 amide bonds. The van der Waals surface area contributed by atoms with E-state index in [2.05, 4.69) is 5.32 Å². The lowest BCUT2D eigenvalue weighted by atomic mass is 10.1. The van der Waals surface area contributed by atoms with E-state index < -0.39 is 46.2 Å². The van der Waals surface area contributed by atoms with Crippen molar-refractivity contribution in [2.45, 2.75) is 51.4 Å². The summed E-state index contributed by atoms with van der Waals surface area (Å²) in [6, 6.07) is 17.4. The second-order valence-electron chi connectivity index (χ2n) is 10.2. The van der Waals surface area contributed by atoms with Gasteiger partial charge >= 0.3 is 6.18 Å². The number of aryl methyl sites for hydroxylation is 1. The molecular weight excluding hydrogens is 555 g/mol. The Morgan fingerprint density at radius 3 is 2.12 bits per heavy atom. The van der Waals surface area contributed by atoms with Crippen LogP contribution in [0.4, 0.5) is 18.9 Å². The lowest BCUT2D eigenvalue weighted by Crippen LogP contribution is -2.51. The van der Waals surface area contributed by atoms with Crippen LogP contribution in [0, 0.1) is 12.8 Å². The first-order chi connectivity index (χ1) is 19.2. The number of benzene rings is 3. The number of nitrogens with zero attached hydrogens (tertiary/aromatic N) is 2. The molecule has 0 radical (unpaired) electrons. The number of anilines is 1. The van der Waals surface area contributed by atoms with E-state index in [0.29, 0.717) is 22.5 Å². The van der Waals surface area contributed by atoms with Crippen molar-refractivity contribution in [2.24, 2.45) is 5.92 Å². The van der Waals surface area contributed by atoms with E-state index in [-0.39, 0.29) is 23.0 Å². The number of halogens is 3. The summed E-state index contributed by atoms with van der Waals surface area (Å²) in [6.45, 7) is 6.65. The lowest BCUT2D eigenvalue weighted by molar-refractivity contribution is -0.139. The number of nitrogens with one attached hydrogen (secondary N) is 1. The Kier molecular flexibility index (Phi) is 10.2. The zero-order chi connectivity index (χ0) is 30.4. The van der Waals surface area contributed by atoms with Crippen LogP contribution < -0.4 is 9.62 Å². The van der Waals surface area contributed by atoms with Gasteiger partial charge in [-0.05, 0) is 55.7 Å². The maximum atomic E-state index is 13.8. The quantitative estimate of drug-likeness (QED) is 0.325. The highest BCUT2D eigenvalue weighted by Crippen LogP contribution is 2.33. The fraction of sp³-hybridized carbons (Fsp3) is 0.333. The predicted molar refractivity (Wildman–Crippen MR) is 151 cm³/mol. The van der Waals surface area contributed by atoms with E-state index in [1.165, 1.54) is 30.0 Å². The van der Waals surface area contributed by atoms with Gasteiger partial charge in [0.1, 0.15) is 12.6 Å². The zero-order valence-electron chi connectivity index (χ0n) is 23.4. The summed E-state index contributed by atoms with van der Waals surface area (Å²) in [4.78, 5) is 27.9. The molecule has 11 heteroatoms. The van der Waals surface area contributed by atoms with Gasteiger partial charge in [-0.3, -0.25) is 13.9 Å². The molecule has 0 saturated heterocycles. The summed E-state index contributed by atoms with van der Waals surface area (Å²) in [7, 11) is -4.48. The maximum absolute atomic E-state index is 13.8. The monoisotopic (exact) mass is 589 g/mol. The Bertz CT molecular complexity index is 1440. The van der Waals surface area contributed by atoms with Crippen molar-refractivity contribution in [2.75, 3.05) is 17.4 Å². The van der Waals surface area contributed by atoms with Crippen molar-refractivity contribution in [1.82, 2.24) is 10.2 Å². The fourth-order valence-corrected chi connectivity index (χ4v) is 5.42. The minimum absolute atomic E-state index is 0.0169. The van der Waals surface area contributed by atoms with Gasteiger partial charge in [0.25, 0.3) is 10.0 Å². The third kappa shape index (κ3) is 8.32. The molecule has 220 valence electrons. The molecule has 1 atom stereocenters. The van der Waals surface area contributed by atoms with Gasteiger partial charge < -0.3 is 10.2 Å². The molecule has 0 spiro atoms. The molecule has 0 aliphatic heterocycles. The average Bonchev–Trinajstić information content (AvgIpc) is 2.93. The van der Waals surface area contributed by atoms with Crippen LogP contribution in [0.15, 0.2) is 83.8 Å². The number of hydrogen-bond donors (Lipinski definition) is 1. The van der Waals surface area contributed by atoms with E-state index in [1.807, 2.05) is 13.8 Å². The van der Waals surface area contributed by atoms with Gasteiger partial charge in [0.15, 0.2) is 0 Å². The van der Waals surface area contributed by atoms with Crippen LogP contribution in [0.2, 0.25) is 0 Å². The van der Waals surface area contributed by atoms with E-state index in [0.717, 1.165) is 17.7 Å². The van der Waals surface area contributed by atoms with Gasteiger partial charge in [-0.1, -0.05) is 67.9 Å². The molecule has 0 aliphatic rings. The van der Waals surface area contributed by atoms with Crippen LogP contribution in [-0.4, -0.2) is 44.3 Å². The van der Waals surface area contributed by atoms with Crippen LogP contribution >= 0.6 is 0 Å². The topological polar surface area (TPSA) is 86.8 Å². The number of sulfonamides is 1. The van der Waals surface area contributed by atoms with E-state index in [4.69, 9.17) is 0 Å². The lowest BCUT2D eigenvalue weighted by Gasteiger charge is -2.32. The molecule has 0 unspecified atom stereocenters. The summed E-state index contributed by atoms with van der Waals surface area (Å²) in [5.74, 6) is -1.04. The number of carbonyl (C=O) groups is 2. The van der Waals surface area contributed by atoms with Crippen molar-refractivity contribution < 1.29 is 31.2 Å². The van der Waals surface area contributed by atoms with Crippen molar-refractivity contribution in [3.8, 4) is 0 Å². The number of rotatable bonds is 11. The van der Waals surface area contributed by atoms with Gasteiger partial charge in [0.05, 0.1) is 16.1 Å². The Hall–Kier alpha value is -3.86. The normalized spacial score (nSPS) is 12.6. The average molecular weight is 590 g/mol. The molecule has 3 rings (SSSR count). The molecule has 0 fully saturated rings. The third-order valence-corrected chi connectivity index (χ3v) is 8.18. The Labute approximate surface area is 239 Å². The standard InChI is InChI=1S/C30H34F3N3O4S/c1-21(2)18-34-29(38)23(4)35(19-24-9-6-5-7-10-24)28(37)20-36(26-12-8-11-25(17-26)30(31,32)33)41(39,40)27-15-13-22(3)14-16-27/h5-17,21,23H,18-20H2,1-4H3,(H,34,38)/t23-/m1/s1. The molecule has 0 aromatic heterocycles. The SMILES string of the molecule is Cc1ccc(S(=O)(=O)N(CC(=O)N(Cc2ccccc2)[C@H](C)C(=O)NCC(C)C)c2cccc(C(F)(F)F)c2)cc1. The van der Waals surface area contributed by atoms with E-state index in [9.17, 15) is 31.2 Å². The van der Waals surface area contributed by atoms with Crippen molar-refractivity contribution in [1.29, 1.82) is 0 Å². The smallest absolute Gasteiger partial charge is 0.354 e. The summed E-state index contributed by atoms with van der Waals surface area (Å²) < 4.78 is 68.9. The summed E-state index contributed by atoms with van der Waals surface area (Å²) in [5, 5.41) is 2.78. The minimum atomic E-state index is -4.73. The molecule has 0 heterocycles. The van der Waals surface area contributed by atoms with Crippen molar-refractivity contribution >= 4 is 27.5 Å². The van der Waals surface area contributed by atoms with Crippen molar-refractivity contribution in [3.05, 3.63) is 95.6 Å². The summed E-state index contributed by atoms with van der Waals surface area (Å²) in [5.41, 5.74) is 0.0803. The largest absolute Gasteiger partial charge is 0.416 e. The number of amides is 2. The van der Waals surface area contributed by atoms with Crippen LogP contribution in [0.25, 0.3) is 0 Å². The first kappa shape index (κ1) is 31.7. The second kappa shape index (κ2) is 13.2. The molecule has 1 N–H and O–H groups in total. The predicted octanol–water partition coefficient (Wildman–Crippen LogP) is 5.40. The van der Waals surface area contributed by atoms with Crippen LogP contribution in [0.5, 0.6) is 0 Å². The summed E-state index contributed by atoms with van der Waals surface area (Å²) >= 11 is 0. The van der Waals surface area contributed by atoms with Gasteiger partial charge in [0.2, 0.25) is 11.8 Å². The molecule has 0 aliphatic carbocycles. The molecular formula is C30H34F3N3O4S. The first-order valence-corrected chi connectivity index (χ1v) is 14.5. The molecule has 0 saturated carbocycles. The minimum Gasteiger partial charge on any atom is -0.354 e. The van der Waals surface area contributed by atoms with E-state index in [1.54, 1.807) is 49.4 Å². The van der Waals surface area contributed by atoms with Crippen LogP contribution in [0.1, 0.15) is 37.5 Å². The Morgan fingerprint density at radius 1 is 0.902 bits per heavy atom. The fourth-order valence-electron chi connectivity index (χ4n) is 4.02. The number of carbonyl (C=O) groups excluding carboxylic acids is 2. The number of alkyl halides is 3. The third-order valence-electron chi connectivity index (χ3n) is 6.40.